The number of nitrogens with zero attached hydrogens (tertiary/aromatic N) is 5. The average molecular weight is 436 g/mol. The molecule has 7 rings (SSSR count). The van der Waals surface area contributed by atoms with Crippen molar-refractivity contribution in [3.05, 3.63) is 41.6 Å². The number of halogens is 1. The first-order valence-electron chi connectivity index (χ1n) is 11.6. The van der Waals surface area contributed by atoms with Crippen LogP contribution < -0.4 is 4.90 Å². The first kappa shape index (κ1) is 20.1. The summed E-state index contributed by atoms with van der Waals surface area (Å²) in [5, 5.41) is 16.0. The first-order valence-corrected chi connectivity index (χ1v) is 11.6. The summed E-state index contributed by atoms with van der Waals surface area (Å²) in [4.78, 5) is 11.7. The third-order valence-electron chi connectivity index (χ3n) is 8.55. The molecule has 7 heteroatoms. The predicted octanol–water partition coefficient (Wildman–Crippen LogP) is 4.44. The number of aliphatic hydroxyl groups is 1. The minimum atomic E-state index is -0.709. The van der Waals surface area contributed by atoms with E-state index in [1.54, 1.807) is 12.3 Å². The van der Waals surface area contributed by atoms with Gasteiger partial charge in [0.05, 0.1) is 17.3 Å². The fourth-order valence-corrected chi connectivity index (χ4v) is 6.07. The molecular weight excluding hydrogens is 405 g/mol. The largest absolute Gasteiger partial charge is 0.390 e. The van der Waals surface area contributed by atoms with Crippen molar-refractivity contribution < 1.29 is 9.50 Å². The van der Waals surface area contributed by atoms with E-state index >= 15 is 0 Å². The normalized spacial score (nSPS) is 26.3. The lowest BCUT2D eigenvalue weighted by Gasteiger charge is -2.45. The zero-order chi connectivity index (χ0) is 22.5. The molecule has 4 fully saturated rings. The maximum absolute atomic E-state index is 14.9. The SMILES string of the molecule is Cc1nc(N2CC3(C(C)(C)O)CC2C3)cc(-n2ncc3cc(F)c(C4(C)CCC4)cc32)n1. The van der Waals surface area contributed by atoms with Crippen molar-refractivity contribution in [2.45, 2.75) is 76.9 Å². The van der Waals surface area contributed by atoms with E-state index in [2.05, 4.69) is 21.9 Å². The van der Waals surface area contributed by atoms with Crippen molar-refractivity contribution in [2.75, 3.05) is 11.4 Å². The highest BCUT2D eigenvalue weighted by Gasteiger charge is 2.62. The Morgan fingerprint density at radius 1 is 1.12 bits per heavy atom. The minimum Gasteiger partial charge on any atom is -0.390 e. The Kier molecular flexibility index (Phi) is 3.94. The number of hydrogen-bond acceptors (Lipinski definition) is 5. The van der Waals surface area contributed by atoms with Crippen LogP contribution in [0.3, 0.4) is 0 Å². The monoisotopic (exact) mass is 435 g/mol. The Morgan fingerprint density at radius 2 is 1.84 bits per heavy atom. The second-order valence-electron chi connectivity index (χ2n) is 11.0. The van der Waals surface area contributed by atoms with E-state index in [4.69, 9.17) is 4.98 Å². The van der Waals surface area contributed by atoms with Gasteiger partial charge in [-0.2, -0.15) is 5.10 Å². The van der Waals surface area contributed by atoms with Gasteiger partial charge in [-0.3, -0.25) is 0 Å². The Labute approximate surface area is 187 Å². The fraction of sp³-hybridized carbons (Fsp3) is 0.560. The number of anilines is 1. The molecule has 2 saturated carbocycles. The highest BCUT2D eigenvalue weighted by Crippen LogP contribution is 2.58. The van der Waals surface area contributed by atoms with Crippen molar-refractivity contribution in [2.24, 2.45) is 5.41 Å². The Morgan fingerprint density at radius 3 is 2.47 bits per heavy atom. The second kappa shape index (κ2) is 6.28. The number of rotatable bonds is 4. The van der Waals surface area contributed by atoms with Gasteiger partial charge < -0.3 is 10.0 Å². The standard InChI is InChI=1S/C25H30FN5O/c1-15-28-21(30-14-25(23(2,3)32)11-17(30)12-25)10-22(29-15)31-20-9-18(24(4)6-5-7-24)19(26)8-16(20)13-27-31/h8-10,13,17,32H,5-7,11-12,14H2,1-4H3. The van der Waals surface area contributed by atoms with Gasteiger partial charge in [0, 0.05) is 29.5 Å². The molecule has 0 amide bonds. The molecule has 4 aliphatic rings. The molecule has 4 heterocycles. The Hall–Kier alpha value is -2.54. The molecule has 1 aromatic carbocycles. The van der Waals surface area contributed by atoms with E-state index in [9.17, 15) is 9.50 Å². The maximum Gasteiger partial charge on any atom is 0.159 e. The molecule has 2 aliphatic heterocycles. The summed E-state index contributed by atoms with van der Waals surface area (Å²) in [6, 6.07) is 5.95. The van der Waals surface area contributed by atoms with Crippen LogP contribution in [-0.2, 0) is 5.41 Å². The van der Waals surface area contributed by atoms with E-state index in [-0.39, 0.29) is 16.6 Å². The smallest absolute Gasteiger partial charge is 0.159 e. The van der Waals surface area contributed by atoms with E-state index < -0.39 is 5.60 Å². The average Bonchev–Trinajstić information content (AvgIpc) is 3.35. The maximum atomic E-state index is 14.9. The van der Waals surface area contributed by atoms with E-state index in [0.29, 0.717) is 17.7 Å². The summed E-state index contributed by atoms with van der Waals surface area (Å²) in [5.41, 5.74) is 0.773. The number of hydrogen-bond donors (Lipinski definition) is 1. The molecule has 2 bridgehead atoms. The highest BCUT2D eigenvalue weighted by molar-refractivity contribution is 5.81. The zero-order valence-electron chi connectivity index (χ0n) is 19.2. The van der Waals surface area contributed by atoms with Gasteiger partial charge in [-0.1, -0.05) is 13.3 Å². The van der Waals surface area contributed by atoms with Crippen molar-refractivity contribution in [3.63, 3.8) is 0 Å². The summed E-state index contributed by atoms with van der Waals surface area (Å²) < 4.78 is 16.7. The van der Waals surface area contributed by atoms with Crippen LogP contribution in [0.2, 0.25) is 0 Å². The first-order chi connectivity index (χ1) is 15.1. The van der Waals surface area contributed by atoms with Gasteiger partial charge in [-0.05, 0) is 69.6 Å². The summed E-state index contributed by atoms with van der Waals surface area (Å²) in [6.45, 7) is 8.67. The van der Waals surface area contributed by atoms with Crippen molar-refractivity contribution in [1.82, 2.24) is 19.7 Å². The molecule has 0 radical (unpaired) electrons. The molecule has 1 N–H and O–H groups in total. The third kappa shape index (κ3) is 2.70. The van der Waals surface area contributed by atoms with Crippen LogP contribution in [0.5, 0.6) is 0 Å². The van der Waals surface area contributed by atoms with Crippen LogP contribution in [0, 0.1) is 18.2 Å². The topological polar surface area (TPSA) is 67.1 Å². The summed E-state index contributed by atoms with van der Waals surface area (Å²) >= 11 is 0. The lowest BCUT2D eigenvalue weighted by Crippen LogP contribution is -2.50. The molecule has 0 spiro atoms. The lowest BCUT2D eigenvalue weighted by atomic mass is 9.61. The summed E-state index contributed by atoms with van der Waals surface area (Å²) in [6.07, 6.45) is 6.85. The number of aromatic nitrogens is 4. The summed E-state index contributed by atoms with van der Waals surface area (Å²) in [7, 11) is 0. The van der Waals surface area contributed by atoms with Gasteiger partial charge in [0.15, 0.2) is 5.82 Å². The highest BCUT2D eigenvalue weighted by atomic mass is 19.1. The molecule has 168 valence electrons. The molecular formula is C25H30FN5O. The fourth-order valence-electron chi connectivity index (χ4n) is 6.07. The van der Waals surface area contributed by atoms with Crippen LogP contribution >= 0.6 is 0 Å². The van der Waals surface area contributed by atoms with Crippen molar-refractivity contribution >= 4 is 16.7 Å². The van der Waals surface area contributed by atoms with Gasteiger partial charge in [-0.15, -0.1) is 0 Å². The van der Waals surface area contributed by atoms with Crippen LogP contribution in [0.15, 0.2) is 24.4 Å². The van der Waals surface area contributed by atoms with Gasteiger partial charge in [0.2, 0.25) is 0 Å². The Bertz CT molecular complexity index is 1230. The lowest BCUT2D eigenvalue weighted by molar-refractivity contribution is -0.0754. The van der Waals surface area contributed by atoms with Crippen molar-refractivity contribution in [3.8, 4) is 5.82 Å². The van der Waals surface area contributed by atoms with E-state index in [1.807, 2.05) is 37.6 Å². The molecule has 2 aromatic heterocycles. The number of fused-ring (bicyclic) bond motifs is 2. The molecule has 32 heavy (non-hydrogen) atoms. The van der Waals surface area contributed by atoms with Gasteiger partial charge >= 0.3 is 0 Å². The molecule has 3 aromatic rings. The number of benzene rings is 1. The van der Waals surface area contributed by atoms with Crippen LogP contribution in [0.4, 0.5) is 10.2 Å². The van der Waals surface area contributed by atoms with Crippen LogP contribution in [0.1, 0.15) is 64.3 Å². The summed E-state index contributed by atoms with van der Waals surface area (Å²) in [5.74, 6) is 2.10. The molecule has 2 saturated heterocycles. The van der Waals surface area contributed by atoms with Gasteiger partial charge in [0.25, 0.3) is 0 Å². The Balaban J connectivity index is 1.41. The molecule has 0 atom stereocenters. The van der Waals surface area contributed by atoms with Crippen LogP contribution in [-0.4, -0.2) is 43.0 Å². The van der Waals surface area contributed by atoms with Crippen molar-refractivity contribution in [1.29, 1.82) is 0 Å². The van der Waals surface area contributed by atoms with E-state index in [1.165, 1.54) is 0 Å². The van der Waals surface area contributed by atoms with Gasteiger partial charge in [-0.25, -0.2) is 19.0 Å². The molecule has 0 unspecified atom stereocenters. The van der Waals surface area contributed by atoms with Gasteiger partial charge in [0.1, 0.15) is 17.5 Å². The second-order valence-corrected chi connectivity index (χ2v) is 11.0. The minimum absolute atomic E-state index is 0.0697. The third-order valence-corrected chi connectivity index (χ3v) is 8.55. The quantitative estimate of drug-likeness (QED) is 0.656. The van der Waals surface area contributed by atoms with E-state index in [0.717, 1.165) is 60.9 Å². The predicted molar refractivity (Wildman–Crippen MR) is 122 cm³/mol. The van der Waals surface area contributed by atoms with Crippen LogP contribution in [0.25, 0.3) is 16.7 Å². The zero-order valence-corrected chi connectivity index (χ0v) is 19.2. The number of aryl methyl sites for hydroxylation is 1. The molecule has 6 nitrogen and oxygen atoms in total. The molecule has 2 aliphatic carbocycles.